The maximum atomic E-state index is 13.3. The smallest absolute Gasteiger partial charge is 0.239 e. The fourth-order valence-corrected chi connectivity index (χ4v) is 1.36. The molecule has 0 bridgehead atoms. The van der Waals surface area contributed by atoms with Crippen molar-refractivity contribution in [3.63, 3.8) is 0 Å². The summed E-state index contributed by atoms with van der Waals surface area (Å²) in [5.41, 5.74) is -1.52. The Morgan fingerprint density at radius 1 is 1.11 bits per heavy atom. The standard InChI is InChI=1S/C12H14F4N2O/c1-12(2,3)18-8(19)5-17-11-9(15)6(13)4-7(14)10(11)16/h4,17H,5H2,1-3H3,(H,18,19). The quantitative estimate of drug-likeness (QED) is 0.659. The normalized spacial score (nSPS) is 11.3. The number of hydrogen-bond donors (Lipinski definition) is 2. The fourth-order valence-electron chi connectivity index (χ4n) is 1.36. The number of hydrogen-bond acceptors (Lipinski definition) is 2. The van der Waals surface area contributed by atoms with Gasteiger partial charge in [-0.1, -0.05) is 0 Å². The Hall–Kier alpha value is -1.79. The molecule has 1 rings (SSSR count). The lowest BCUT2D eigenvalue weighted by molar-refractivity contribution is -0.120. The van der Waals surface area contributed by atoms with Crippen molar-refractivity contribution in [2.75, 3.05) is 11.9 Å². The van der Waals surface area contributed by atoms with Gasteiger partial charge in [-0.2, -0.15) is 0 Å². The zero-order valence-corrected chi connectivity index (χ0v) is 10.7. The number of amides is 1. The molecule has 0 radical (unpaired) electrons. The van der Waals surface area contributed by atoms with E-state index in [4.69, 9.17) is 0 Å². The highest BCUT2D eigenvalue weighted by molar-refractivity contribution is 5.81. The van der Waals surface area contributed by atoms with Crippen LogP contribution >= 0.6 is 0 Å². The Kier molecular flexibility index (Phi) is 4.39. The van der Waals surface area contributed by atoms with Crippen LogP contribution in [0, 0.1) is 23.3 Å². The lowest BCUT2D eigenvalue weighted by Crippen LogP contribution is -2.43. The highest BCUT2D eigenvalue weighted by atomic mass is 19.2. The predicted octanol–water partition coefficient (Wildman–Crippen LogP) is 2.57. The maximum absolute atomic E-state index is 13.3. The van der Waals surface area contributed by atoms with E-state index in [2.05, 4.69) is 5.32 Å². The minimum Gasteiger partial charge on any atom is -0.371 e. The van der Waals surface area contributed by atoms with Crippen LogP contribution in [0.2, 0.25) is 0 Å². The van der Waals surface area contributed by atoms with Gasteiger partial charge in [0.15, 0.2) is 23.3 Å². The third kappa shape index (κ3) is 4.11. The average Bonchev–Trinajstić information content (AvgIpc) is 2.24. The van der Waals surface area contributed by atoms with Crippen LogP contribution in [0.3, 0.4) is 0 Å². The highest BCUT2D eigenvalue weighted by Crippen LogP contribution is 2.23. The molecule has 0 heterocycles. The molecule has 3 nitrogen and oxygen atoms in total. The number of rotatable bonds is 3. The first-order chi connectivity index (χ1) is 8.61. The minimum absolute atomic E-state index is 0.102. The van der Waals surface area contributed by atoms with Gasteiger partial charge in [0.25, 0.3) is 0 Å². The van der Waals surface area contributed by atoms with Gasteiger partial charge in [-0.05, 0) is 20.8 Å². The summed E-state index contributed by atoms with van der Waals surface area (Å²) in [5.74, 6) is -6.75. The van der Waals surface area contributed by atoms with Crippen LogP contribution in [0.4, 0.5) is 23.2 Å². The van der Waals surface area contributed by atoms with Gasteiger partial charge < -0.3 is 10.6 Å². The van der Waals surface area contributed by atoms with Gasteiger partial charge in [-0.15, -0.1) is 0 Å². The van der Waals surface area contributed by atoms with Crippen molar-refractivity contribution in [3.8, 4) is 0 Å². The third-order valence-electron chi connectivity index (χ3n) is 2.05. The number of nitrogens with one attached hydrogen (secondary N) is 2. The molecule has 0 aliphatic rings. The zero-order chi connectivity index (χ0) is 14.8. The van der Waals surface area contributed by atoms with E-state index in [1.165, 1.54) is 0 Å². The van der Waals surface area contributed by atoms with Crippen LogP contribution in [0.1, 0.15) is 20.8 Å². The molecule has 0 saturated carbocycles. The number of anilines is 1. The summed E-state index contributed by atoms with van der Waals surface area (Å²) in [6.45, 7) is 4.64. The molecule has 0 fully saturated rings. The number of carbonyl (C=O) groups excluding carboxylic acids is 1. The Morgan fingerprint density at radius 3 is 2.00 bits per heavy atom. The second-order valence-corrected chi connectivity index (χ2v) is 4.99. The van der Waals surface area contributed by atoms with Gasteiger partial charge in [0.05, 0.1) is 6.54 Å². The first-order valence-electron chi connectivity index (χ1n) is 5.49. The molecule has 0 saturated heterocycles. The summed E-state index contributed by atoms with van der Waals surface area (Å²) in [6, 6.07) is 0.102. The van der Waals surface area contributed by atoms with Crippen molar-refractivity contribution in [1.82, 2.24) is 5.32 Å². The molecular formula is C12H14F4N2O. The SMILES string of the molecule is CC(C)(C)NC(=O)CNc1c(F)c(F)cc(F)c1F. The fraction of sp³-hybridized carbons (Fsp3) is 0.417. The number of halogens is 4. The van der Waals surface area contributed by atoms with Gasteiger partial charge in [0, 0.05) is 11.6 Å². The molecule has 0 aromatic heterocycles. The lowest BCUT2D eigenvalue weighted by atomic mass is 10.1. The molecule has 0 spiro atoms. The van der Waals surface area contributed by atoms with Crippen molar-refractivity contribution in [3.05, 3.63) is 29.3 Å². The summed E-state index contributed by atoms with van der Waals surface area (Å²) in [4.78, 5) is 11.4. The first-order valence-corrected chi connectivity index (χ1v) is 5.49. The van der Waals surface area contributed by atoms with E-state index < -0.39 is 46.9 Å². The molecule has 106 valence electrons. The van der Waals surface area contributed by atoms with E-state index >= 15 is 0 Å². The summed E-state index contributed by atoms with van der Waals surface area (Å²) in [5, 5.41) is 4.57. The molecule has 1 aromatic carbocycles. The van der Waals surface area contributed by atoms with E-state index in [0.717, 1.165) is 0 Å². The molecule has 7 heteroatoms. The molecule has 19 heavy (non-hydrogen) atoms. The average molecular weight is 278 g/mol. The molecule has 1 aromatic rings. The Morgan fingerprint density at radius 2 is 1.58 bits per heavy atom. The van der Waals surface area contributed by atoms with Crippen LogP contribution in [0.25, 0.3) is 0 Å². The van der Waals surface area contributed by atoms with E-state index in [1.54, 1.807) is 20.8 Å². The molecular weight excluding hydrogens is 264 g/mol. The Balaban J connectivity index is 2.81. The largest absolute Gasteiger partial charge is 0.371 e. The van der Waals surface area contributed by atoms with Crippen molar-refractivity contribution in [2.45, 2.75) is 26.3 Å². The van der Waals surface area contributed by atoms with E-state index in [0.29, 0.717) is 0 Å². The topological polar surface area (TPSA) is 41.1 Å². The van der Waals surface area contributed by atoms with E-state index in [1.807, 2.05) is 5.32 Å². The minimum atomic E-state index is -1.57. The second-order valence-electron chi connectivity index (χ2n) is 4.99. The zero-order valence-electron chi connectivity index (χ0n) is 10.7. The predicted molar refractivity (Wildman–Crippen MR) is 62.7 cm³/mol. The Bertz CT molecular complexity index is 471. The van der Waals surface area contributed by atoms with Crippen molar-refractivity contribution >= 4 is 11.6 Å². The van der Waals surface area contributed by atoms with E-state index in [9.17, 15) is 22.4 Å². The van der Waals surface area contributed by atoms with Gasteiger partial charge in [-0.3, -0.25) is 4.79 Å². The molecule has 1 amide bonds. The molecule has 0 atom stereocenters. The summed E-state index contributed by atoms with van der Waals surface area (Å²) in [6.07, 6.45) is 0. The molecule has 0 aliphatic carbocycles. The highest BCUT2D eigenvalue weighted by Gasteiger charge is 2.20. The third-order valence-corrected chi connectivity index (χ3v) is 2.05. The van der Waals surface area contributed by atoms with Gasteiger partial charge >= 0.3 is 0 Å². The first kappa shape index (κ1) is 15.3. The summed E-state index contributed by atoms with van der Waals surface area (Å²) < 4.78 is 52.3. The van der Waals surface area contributed by atoms with Crippen LogP contribution in [0.5, 0.6) is 0 Å². The van der Waals surface area contributed by atoms with Crippen LogP contribution in [-0.4, -0.2) is 18.0 Å². The summed E-state index contributed by atoms with van der Waals surface area (Å²) in [7, 11) is 0. The van der Waals surface area contributed by atoms with Crippen molar-refractivity contribution < 1.29 is 22.4 Å². The summed E-state index contributed by atoms with van der Waals surface area (Å²) >= 11 is 0. The van der Waals surface area contributed by atoms with Gasteiger partial charge in [0.1, 0.15) is 5.69 Å². The second kappa shape index (κ2) is 5.46. The number of benzene rings is 1. The Labute approximate surface area is 108 Å². The maximum Gasteiger partial charge on any atom is 0.239 e. The molecule has 0 unspecified atom stereocenters. The monoisotopic (exact) mass is 278 g/mol. The lowest BCUT2D eigenvalue weighted by Gasteiger charge is -2.20. The van der Waals surface area contributed by atoms with Crippen LogP contribution < -0.4 is 10.6 Å². The van der Waals surface area contributed by atoms with Crippen LogP contribution in [0.15, 0.2) is 6.07 Å². The van der Waals surface area contributed by atoms with Gasteiger partial charge in [0.2, 0.25) is 5.91 Å². The van der Waals surface area contributed by atoms with E-state index in [-0.39, 0.29) is 6.07 Å². The number of carbonyl (C=O) groups is 1. The van der Waals surface area contributed by atoms with Gasteiger partial charge in [-0.25, -0.2) is 17.6 Å². The molecule has 2 N–H and O–H groups in total. The van der Waals surface area contributed by atoms with Crippen LogP contribution in [-0.2, 0) is 4.79 Å². The van der Waals surface area contributed by atoms with Crippen molar-refractivity contribution in [2.24, 2.45) is 0 Å². The van der Waals surface area contributed by atoms with Crippen molar-refractivity contribution in [1.29, 1.82) is 0 Å². The molecule has 0 aliphatic heterocycles.